The van der Waals surface area contributed by atoms with Crippen LogP contribution in [0.25, 0.3) is 204 Å². The van der Waals surface area contributed by atoms with E-state index >= 15 is 0 Å². The van der Waals surface area contributed by atoms with Crippen LogP contribution in [0.1, 0.15) is 33.4 Å². The third-order valence-electron chi connectivity index (χ3n) is 22.4. The molecule has 3 nitrogen and oxygen atoms in total. The Hall–Kier alpha value is -15.8. The molecule has 16 aromatic carbocycles. The lowest BCUT2D eigenvalue weighted by molar-refractivity contribution is 1.33. The van der Waals surface area contributed by atoms with Crippen LogP contribution in [0.2, 0.25) is 0 Å². The molecule has 3 aromatic heterocycles. The molecule has 0 bridgehead atoms. The van der Waals surface area contributed by atoms with Crippen LogP contribution in [0.15, 0.2) is 455 Å². The second-order valence-electron chi connectivity index (χ2n) is 30.3. The summed E-state index contributed by atoms with van der Waals surface area (Å²) in [7, 11) is 0. The summed E-state index contributed by atoms with van der Waals surface area (Å²) in [5.41, 5.74) is 39.5. The van der Waals surface area contributed by atoms with Crippen molar-refractivity contribution in [2.45, 2.75) is 0 Å². The lowest BCUT2D eigenvalue weighted by Crippen LogP contribution is -1.90. The summed E-state index contributed by atoms with van der Waals surface area (Å²) in [6, 6.07) is 158. The molecule has 3 heteroatoms. The van der Waals surface area contributed by atoms with Gasteiger partial charge in [0.25, 0.3) is 0 Å². The SMILES string of the molecule is C(=Cc1ccc(-c2ccccn2)cc1-c1cccc(-c2cc(-c3ccccc3)cc(-c3ccccc3)c2)c1)c1cc(C=Cc2ccc(-c3ccccn3)cc2-c2cccc(-c3cc(-c4ccccc4)cc(-c4ccccc4)c3)c2)cc(/C=C\c2ccc(-c3ccccn3)cc2-c2cccc(-c3cc(-c4ccccc4)cc(-c4ccccc4)c3)c2)c1. The van der Waals surface area contributed by atoms with Gasteiger partial charge in [-0.15, -0.1) is 0 Å². The summed E-state index contributed by atoms with van der Waals surface area (Å²) < 4.78 is 0. The van der Waals surface area contributed by atoms with E-state index in [4.69, 9.17) is 15.0 Å². The molecule has 0 saturated carbocycles. The van der Waals surface area contributed by atoms with Crippen LogP contribution in [0, 0.1) is 0 Å². The molecule has 0 spiro atoms. The molecule has 0 fully saturated rings. The van der Waals surface area contributed by atoms with E-state index in [2.05, 4.69) is 455 Å². The van der Waals surface area contributed by atoms with E-state index in [1.807, 2.05) is 36.8 Å². The van der Waals surface area contributed by atoms with Gasteiger partial charge >= 0.3 is 0 Å². The van der Waals surface area contributed by atoms with Gasteiger partial charge in [0.15, 0.2) is 0 Å². The molecule has 120 heavy (non-hydrogen) atoms. The van der Waals surface area contributed by atoms with Crippen LogP contribution in [0.5, 0.6) is 0 Å². The predicted octanol–water partition coefficient (Wildman–Crippen LogP) is 31.4. The first-order valence-electron chi connectivity index (χ1n) is 40.9. The summed E-state index contributed by atoms with van der Waals surface area (Å²) in [6.07, 6.45) is 19.3. The lowest BCUT2D eigenvalue weighted by atomic mass is 9.90. The third-order valence-corrected chi connectivity index (χ3v) is 22.4. The minimum absolute atomic E-state index is 0.908. The Balaban J connectivity index is 0.746. The van der Waals surface area contributed by atoms with E-state index in [1.165, 1.54) is 33.4 Å². The minimum Gasteiger partial charge on any atom is -0.256 e. The highest BCUT2D eigenvalue weighted by molar-refractivity contribution is 5.94. The molecule has 0 radical (unpaired) electrons. The van der Waals surface area contributed by atoms with Crippen molar-refractivity contribution in [3.8, 4) is 167 Å². The van der Waals surface area contributed by atoms with Crippen molar-refractivity contribution in [2.75, 3.05) is 0 Å². The minimum atomic E-state index is 0.908. The predicted molar refractivity (Wildman–Crippen MR) is 507 cm³/mol. The van der Waals surface area contributed by atoms with Crippen molar-refractivity contribution in [3.63, 3.8) is 0 Å². The van der Waals surface area contributed by atoms with Gasteiger partial charge in [-0.2, -0.15) is 0 Å². The molecule has 0 amide bonds. The van der Waals surface area contributed by atoms with Gasteiger partial charge in [0.05, 0.1) is 17.1 Å². The largest absolute Gasteiger partial charge is 0.256 e. The highest BCUT2D eigenvalue weighted by Crippen LogP contribution is 2.43. The second kappa shape index (κ2) is 34.7. The smallest absolute Gasteiger partial charge is 0.0702 e. The van der Waals surface area contributed by atoms with Crippen LogP contribution in [-0.4, -0.2) is 15.0 Å². The van der Waals surface area contributed by atoms with E-state index < -0.39 is 0 Å². The van der Waals surface area contributed by atoms with Gasteiger partial charge in [-0.3, -0.25) is 15.0 Å². The summed E-state index contributed by atoms with van der Waals surface area (Å²) in [4.78, 5) is 14.6. The topological polar surface area (TPSA) is 38.7 Å². The standard InChI is InChI=1S/C117H81N3/c1-7-28-85(29-8-1)103-70-104(86-30-9-2-10-31-86)74-109(73-103)94-40-25-43-97(67-94)112-79-100(115-46-19-22-61-118-115)58-55-91(112)52-49-82-64-83(50-53-92-56-59-101(116-47-20-23-62-119-116)80-113(92)98-44-26-41-95(68-98)110-75-105(87-32-11-3-12-33-87)71-106(76-110)88-34-13-4-14-35-88)66-84(65-82)51-54-93-57-60-102(117-48-21-24-63-120-117)81-114(93)99-45-27-42-96(69-99)111-77-107(89-36-15-5-16-37-89)72-108(78-111)90-38-17-6-18-39-90/h1-81H/b52-49-,53-50?,54-51?. The molecule has 0 aliphatic heterocycles. The fourth-order valence-corrected chi connectivity index (χ4v) is 16.2. The molecule has 0 aliphatic rings. The first kappa shape index (κ1) is 74.3. The molecule has 19 aromatic rings. The highest BCUT2D eigenvalue weighted by Gasteiger charge is 2.18. The normalized spacial score (nSPS) is 11.4. The van der Waals surface area contributed by atoms with E-state index in [0.29, 0.717) is 0 Å². The van der Waals surface area contributed by atoms with E-state index in [9.17, 15) is 0 Å². The van der Waals surface area contributed by atoms with Gasteiger partial charge < -0.3 is 0 Å². The molecular formula is C117H81N3. The fraction of sp³-hybridized carbons (Fsp3) is 0. The van der Waals surface area contributed by atoms with Crippen LogP contribution in [0.4, 0.5) is 0 Å². The number of pyridine rings is 3. The quantitative estimate of drug-likeness (QED) is 0.0673. The van der Waals surface area contributed by atoms with Crippen LogP contribution >= 0.6 is 0 Å². The van der Waals surface area contributed by atoms with E-state index in [1.54, 1.807) is 0 Å². The molecule has 0 unspecified atom stereocenters. The molecular weight excluding hydrogens is 1450 g/mol. The molecule has 0 N–H and O–H groups in total. The number of aromatic nitrogens is 3. The number of rotatable bonds is 21. The Bertz CT molecular complexity index is 6090. The summed E-state index contributed by atoms with van der Waals surface area (Å²) in [5, 5.41) is 0. The van der Waals surface area contributed by atoms with Crippen LogP contribution < -0.4 is 0 Å². The van der Waals surface area contributed by atoms with Gasteiger partial charge in [-0.1, -0.05) is 328 Å². The van der Waals surface area contributed by atoms with Gasteiger partial charge in [-0.05, 0) is 312 Å². The first-order chi connectivity index (χ1) is 59.4. The lowest BCUT2D eigenvalue weighted by Gasteiger charge is -2.14. The number of benzene rings is 16. The van der Waals surface area contributed by atoms with Gasteiger partial charge in [0.1, 0.15) is 0 Å². The zero-order valence-electron chi connectivity index (χ0n) is 66.1. The first-order valence-corrected chi connectivity index (χ1v) is 40.9. The maximum atomic E-state index is 4.87. The van der Waals surface area contributed by atoms with Crippen molar-refractivity contribution >= 4 is 36.5 Å². The summed E-state index contributed by atoms with van der Waals surface area (Å²) >= 11 is 0. The fourth-order valence-electron chi connectivity index (χ4n) is 16.2. The zero-order chi connectivity index (χ0) is 80.2. The zero-order valence-corrected chi connectivity index (χ0v) is 66.1. The van der Waals surface area contributed by atoms with E-state index in [-0.39, 0.29) is 0 Å². The molecule has 19 rings (SSSR count). The van der Waals surface area contributed by atoms with Crippen molar-refractivity contribution in [1.29, 1.82) is 0 Å². The van der Waals surface area contributed by atoms with Gasteiger partial charge in [0, 0.05) is 35.3 Å². The Morgan fingerprint density at radius 1 is 0.125 bits per heavy atom. The molecule has 0 atom stereocenters. The Labute approximate surface area is 702 Å². The highest BCUT2D eigenvalue weighted by atomic mass is 14.7. The second-order valence-corrected chi connectivity index (χ2v) is 30.3. The van der Waals surface area contributed by atoms with Crippen molar-refractivity contribution in [2.24, 2.45) is 0 Å². The summed E-state index contributed by atoms with van der Waals surface area (Å²) in [5.74, 6) is 0. The number of nitrogens with zero attached hydrogens (tertiary/aromatic N) is 3. The Kier molecular flexibility index (Phi) is 21.5. The van der Waals surface area contributed by atoms with Crippen molar-refractivity contribution < 1.29 is 0 Å². The monoisotopic (exact) mass is 1530 g/mol. The average Bonchev–Trinajstić information content (AvgIpc) is 0.795. The molecule has 0 saturated heterocycles. The van der Waals surface area contributed by atoms with Crippen molar-refractivity contribution in [1.82, 2.24) is 15.0 Å². The van der Waals surface area contributed by atoms with Crippen LogP contribution in [-0.2, 0) is 0 Å². The molecule has 564 valence electrons. The third kappa shape index (κ3) is 17.0. The maximum Gasteiger partial charge on any atom is 0.0702 e. The average molecular weight is 1530 g/mol. The Morgan fingerprint density at radius 3 is 0.550 bits per heavy atom. The molecule has 0 aliphatic carbocycles. The van der Waals surface area contributed by atoms with Crippen LogP contribution in [0.3, 0.4) is 0 Å². The summed E-state index contributed by atoms with van der Waals surface area (Å²) in [6.45, 7) is 0. The van der Waals surface area contributed by atoms with E-state index in [0.717, 1.165) is 167 Å². The van der Waals surface area contributed by atoms with Crippen molar-refractivity contribution in [3.05, 3.63) is 489 Å². The maximum absolute atomic E-state index is 4.87. The van der Waals surface area contributed by atoms with Gasteiger partial charge in [0.2, 0.25) is 0 Å². The van der Waals surface area contributed by atoms with Gasteiger partial charge in [-0.25, -0.2) is 0 Å². The number of hydrogen-bond donors (Lipinski definition) is 0. The number of hydrogen-bond acceptors (Lipinski definition) is 3. The Morgan fingerprint density at radius 2 is 0.325 bits per heavy atom. The molecule has 3 heterocycles.